The first-order valence-electron chi connectivity index (χ1n) is 8.38. The quantitative estimate of drug-likeness (QED) is 0.731. The number of aryl methyl sites for hydroxylation is 4. The van der Waals surface area contributed by atoms with E-state index in [2.05, 4.69) is 5.10 Å². The molecule has 2 aromatic heterocycles. The Morgan fingerprint density at radius 3 is 2.40 bits per heavy atom. The fourth-order valence-electron chi connectivity index (χ4n) is 3.12. The number of pyridine rings is 1. The van der Waals surface area contributed by atoms with Gasteiger partial charge in [0.15, 0.2) is 0 Å². The van der Waals surface area contributed by atoms with Crippen molar-refractivity contribution >= 4 is 0 Å². The molecule has 0 saturated heterocycles. The molecule has 0 N–H and O–H groups in total. The van der Waals surface area contributed by atoms with Crippen LogP contribution in [0.25, 0.3) is 16.8 Å². The van der Waals surface area contributed by atoms with E-state index >= 15 is 0 Å². The number of rotatable bonds is 4. The summed E-state index contributed by atoms with van der Waals surface area (Å²) in [7, 11) is 1.90. The Balaban J connectivity index is 2.16. The van der Waals surface area contributed by atoms with Crippen LogP contribution < -0.4 is 10.3 Å². The van der Waals surface area contributed by atoms with Gasteiger partial charge < -0.3 is 4.74 Å². The summed E-state index contributed by atoms with van der Waals surface area (Å²) in [5.41, 5.74) is 5.74. The standard InChI is InChI=1S/C20H23N3O2/c1-6-25-16-7-8-19(14(3)9-16)23-12-17(13(2)10-20(23)24)18-11-22(5)21-15(18)4/h7-12H,6H2,1-5H3. The smallest absolute Gasteiger partial charge is 0.255 e. The third kappa shape index (κ3) is 3.22. The molecule has 0 radical (unpaired) electrons. The predicted molar refractivity (Wildman–Crippen MR) is 99.6 cm³/mol. The van der Waals surface area contributed by atoms with Crippen LogP contribution in [0.3, 0.4) is 0 Å². The normalized spacial score (nSPS) is 10.9. The third-order valence-electron chi connectivity index (χ3n) is 4.30. The summed E-state index contributed by atoms with van der Waals surface area (Å²) in [5.74, 6) is 0.812. The van der Waals surface area contributed by atoms with E-state index in [1.807, 2.05) is 65.3 Å². The summed E-state index contributed by atoms with van der Waals surface area (Å²) in [6, 6.07) is 7.46. The molecule has 0 atom stereocenters. The molecule has 3 aromatic rings. The van der Waals surface area contributed by atoms with Gasteiger partial charge in [0.2, 0.25) is 0 Å². The molecule has 0 aliphatic heterocycles. The minimum atomic E-state index is -0.0462. The summed E-state index contributed by atoms with van der Waals surface area (Å²) >= 11 is 0. The molecule has 0 amide bonds. The third-order valence-corrected chi connectivity index (χ3v) is 4.30. The topological polar surface area (TPSA) is 49.0 Å². The minimum absolute atomic E-state index is 0.0462. The number of ether oxygens (including phenoxy) is 1. The second kappa shape index (κ2) is 6.59. The molecular weight excluding hydrogens is 314 g/mol. The molecule has 0 aliphatic carbocycles. The van der Waals surface area contributed by atoms with Gasteiger partial charge in [-0.15, -0.1) is 0 Å². The molecule has 25 heavy (non-hydrogen) atoms. The van der Waals surface area contributed by atoms with E-state index in [1.54, 1.807) is 15.3 Å². The van der Waals surface area contributed by atoms with Crippen LogP contribution in [0.1, 0.15) is 23.7 Å². The van der Waals surface area contributed by atoms with E-state index in [4.69, 9.17) is 4.74 Å². The van der Waals surface area contributed by atoms with Gasteiger partial charge in [-0.05, 0) is 57.0 Å². The van der Waals surface area contributed by atoms with E-state index in [0.29, 0.717) is 6.61 Å². The molecule has 5 heteroatoms. The fraction of sp³-hybridized carbons (Fsp3) is 0.300. The Morgan fingerprint density at radius 2 is 1.80 bits per heavy atom. The van der Waals surface area contributed by atoms with Crippen LogP contribution in [0, 0.1) is 20.8 Å². The molecule has 0 bridgehead atoms. The largest absolute Gasteiger partial charge is 0.494 e. The SMILES string of the molecule is CCOc1ccc(-n2cc(-c3cn(C)nc3C)c(C)cc2=O)c(C)c1. The molecular formula is C20H23N3O2. The van der Waals surface area contributed by atoms with Gasteiger partial charge in [0.1, 0.15) is 5.75 Å². The average molecular weight is 337 g/mol. The second-order valence-corrected chi connectivity index (χ2v) is 6.26. The lowest BCUT2D eigenvalue weighted by Gasteiger charge is -2.14. The maximum Gasteiger partial charge on any atom is 0.255 e. The fourth-order valence-corrected chi connectivity index (χ4v) is 3.12. The minimum Gasteiger partial charge on any atom is -0.494 e. The lowest BCUT2D eigenvalue weighted by Crippen LogP contribution is -2.18. The van der Waals surface area contributed by atoms with Crippen LogP contribution in [0.4, 0.5) is 0 Å². The number of nitrogens with zero attached hydrogens (tertiary/aromatic N) is 3. The maximum atomic E-state index is 12.6. The average Bonchev–Trinajstić information content (AvgIpc) is 2.87. The van der Waals surface area contributed by atoms with Gasteiger partial charge >= 0.3 is 0 Å². The Bertz CT molecular complexity index is 983. The summed E-state index contributed by atoms with van der Waals surface area (Å²) in [4.78, 5) is 12.6. The van der Waals surface area contributed by atoms with E-state index in [0.717, 1.165) is 39.4 Å². The molecule has 5 nitrogen and oxygen atoms in total. The van der Waals surface area contributed by atoms with Crippen molar-refractivity contribution < 1.29 is 4.74 Å². The van der Waals surface area contributed by atoms with Crippen LogP contribution >= 0.6 is 0 Å². The van der Waals surface area contributed by atoms with Crippen molar-refractivity contribution in [2.24, 2.45) is 7.05 Å². The van der Waals surface area contributed by atoms with Gasteiger partial charge in [0.25, 0.3) is 5.56 Å². The van der Waals surface area contributed by atoms with Crippen molar-refractivity contribution in [3.05, 3.63) is 63.8 Å². The summed E-state index contributed by atoms with van der Waals surface area (Å²) in [5, 5.41) is 4.42. The number of hydrogen-bond donors (Lipinski definition) is 0. The van der Waals surface area contributed by atoms with E-state index in [9.17, 15) is 4.79 Å². The Labute approximate surface area is 147 Å². The van der Waals surface area contributed by atoms with Gasteiger partial charge in [-0.3, -0.25) is 14.0 Å². The Morgan fingerprint density at radius 1 is 1.04 bits per heavy atom. The first-order chi connectivity index (χ1) is 11.9. The van der Waals surface area contributed by atoms with Gasteiger partial charge in [-0.1, -0.05) is 0 Å². The first kappa shape index (κ1) is 17.0. The Kier molecular flexibility index (Phi) is 4.49. The van der Waals surface area contributed by atoms with Crippen LogP contribution in [-0.2, 0) is 7.05 Å². The highest BCUT2D eigenvalue weighted by molar-refractivity contribution is 5.68. The lowest BCUT2D eigenvalue weighted by molar-refractivity contribution is 0.340. The molecule has 3 rings (SSSR count). The summed E-state index contributed by atoms with van der Waals surface area (Å²) < 4.78 is 9.03. The van der Waals surface area contributed by atoms with Crippen molar-refractivity contribution in [1.82, 2.24) is 14.3 Å². The zero-order valence-corrected chi connectivity index (χ0v) is 15.3. The molecule has 130 valence electrons. The molecule has 2 heterocycles. The number of aromatic nitrogens is 3. The van der Waals surface area contributed by atoms with E-state index in [-0.39, 0.29) is 5.56 Å². The molecule has 0 aliphatic rings. The van der Waals surface area contributed by atoms with Gasteiger partial charge in [0.05, 0.1) is 18.0 Å². The van der Waals surface area contributed by atoms with Crippen molar-refractivity contribution in [1.29, 1.82) is 0 Å². The van der Waals surface area contributed by atoms with Crippen LogP contribution in [0.5, 0.6) is 5.75 Å². The van der Waals surface area contributed by atoms with Crippen molar-refractivity contribution in [3.8, 4) is 22.6 Å². The molecule has 0 saturated carbocycles. The van der Waals surface area contributed by atoms with Gasteiger partial charge in [-0.2, -0.15) is 5.10 Å². The second-order valence-electron chi connectivity index (χ2n) is 6.26. The first-order valence-corrected chi connectivity index (χ1v) is 8.38. The molecule has 0 spiro atoms. The zero-order valence-electron chi connectivity index (χ0n) is 15.3. The number of benzene rings is 1. The molecule has 0 unspecified atom stereocenters. The van der Waals surface area contributed by atoms with Crippen molar-refractivity contribution in [2.75, 3.05) is 6.61 Å². The van der Waals surface area contributed by atoms with Gasteiger partial charge in [0, 0.05) is 36.6 Å². The zero-order chi connectivity index (χ0) is 18.1. The summed E-state index contributed by atoms with van der Waals surface area (Å²) in [6.45, 7) is 8.49. The van der Waals surface area contributed by atoms with E-state index < -0.39 is 0 Å². The number of hydrogen-bond acceptors (Lipinski definition) is 3. The van der Waals surface area contributed by atoms with Gasteiger partial charge in [-0.25, -0.2) is 0 Å². The van der Waals surface area contributed by atoms with E-state index in [1.165, 1.54) is 0 Å². The van der Waals surface area contributed by atoms with Crippen LogP contribution in [0.15, 0.2) is 41.5 Å². The molecule has 1 aromatic carbocycles. The van der Waals surface area contributed by atoms with Crippen molar-refractivity contribution in [3.63, 3.8) is 0 Å². The highest BCUT2D eigenvalue weighted by atomic mass is 16.5. The highest BCUT2D eigenvalue weighted by Gasteiger charge is 2.13. The lowest BCUT2D eigenvalue weighted by atomic mass is 10.0. The Hall–Kier alpha value is -2.82. The molecule has 0 fully saturated rings. The highest BCUT2D eigenvalue weighted by Crippen LogP contribution is 2.27. The monoisotopic (exact) mass is 337 g/mol. The predicted octanol–water partition coefficient (Wildman–Crippen LogP) is 3.56. The van der Waals surface area contributed by atoms with Crippen LogP contribution in [0.2, 0.25) is 0 Å². The van der Waals surface area contributed by atoms with Crippen molar-refractivity contribution in [2.45, 2.75) is 27.7 Å². The van der Waals surface area contributed by atoms with Crippen LogP contribution in [-0.4, -0.2) is 21.0 Å². The maximum absolute atomic E-state index is 12.6. The summed E-state index contributed by atoms with van der Waals surface area (Å²) in [6.07, 6.45) is 3.89.